The van der Waals surface area contributed by atoms with Crippen molar-refractivity contribution in [2.75, 3.05) is 13.2 Å². The molecule has 1 fully saturated rings. The Labute approximate surface area is 99.3 Å². The largest absolute Gasteiger partial charge is 0.490 e. The summed E-state index contributed by atoms with van der Waals surface area (Å²) in [4.78, 5) is 10.8. The number of hydrogen-bond donors (Lipinski definition) is 2. The van der Waals surface area contributed by atoms with E-state index in [1.165, 1.54) is 0 Å². The lowest BCUT2D eigenvalue weighted by atomic mass is 10.1. The molecule has 0 bridgehead atoms. The highest BCUT2D eigenvalue weighted by molar-refractivity contribution is 5.69. The van der Waals surface area contributed by atoms with Crippen molar-refractivity contribution < 1.29 is 19.4 Å². The van der Waals surface area contributed by atoms with Crippen LogP contribution in [0.3, 0.4) is 0 Å². The number of benzene rings is 1. The van der Waals surface area contributed by atoms with Gasteiger partial charge in [-0.05, 0) is 24.6 Å². The zero-order valence-corrected chi connectivity index (χ0v) is 9.55. The van der Waals surface area contributed by atoms with Crippen LogP contribution in [-0.4, -0.2) is 30.5 Å². The van der Waals surface area contributed by atoms with Crippen LogP contribution in [0.4, 0.5) is 4.79 Å². The van der Waals surface area contributed by atoms with E-state index in [1.54, 1.807) is 19.1 Å². The first-order valence-corrected chi connectivity index (χ1v) is 5.50. The van der Waals surface area contributed by atoms with E-state index in [9.17, 15) is 9.90 Å². The fourth-order valence-corrected chi connectivity index (χ4v) is 1.58. The Bertz CT molecular complexity index is 405. The summed E-state index contributed by atoms with van der Waals surface area (Å²) in [7, 11) is 0. The fraction of sp³-hybridized carbons (Fsp3) is 0.417. The molecule has 2 rings (SSSR count). The number of aliphatic hydroxyl groups excluding tert-OH is 1. The summed E-state index contributed by atoms with van der Waals surface area (Å²) in [6.07, 6.45) is -1.18. The number of aliphatic hydroxyl groups is 1. The summed E-state index contributed by atoms with van der Waals surface area (Å²) in [5, 5.41) is 12.0. The molecule has 1 unspecified atom stereocenters. The quantitative estimate of drug-likeness (QED) is 0.826. The second kappa shape index (κ2) is 5.05. The van der Waals surface area contributed by atoms with Crippen molar-refractivity contribution in [3.05, 3.63) is 29.8 Å². The Kier molecular flexibility index (Phi) is 3.49. The Morgan fingerprint density at radius 3 is 3.12 bits per heavy atom. The second-order valence-corrected chi connectivity index (χ2v) is 3.97. The van der Waals surface area contributed by atoms with Crippen LogP contribution in [0.2, 0.25) is 0 Å². The van der Waals surface area contributed by atoms with E-state index in [0.717, 1.165) is 5.56 Å². The summed E-state index contributed by atoms with van der Waals surface area (Å²) in [5.41, 5.74) is 0.795. The van der Waals surface area contributed by atoms with Crippen molar-refractivity contribution in [1.82, 2.24) is 5.32 Å². The third-order valence-corrected chi connectivity index (χ3v) is 2.52. The van der Waals surface area contributed by atoms with E-state index in [0.29, 0.717) is 18.9 Å². The van der Waals surface area contributed by atoms with Crippen LogP contribution in [0.1, 0.15) is 18.6 Å². The van der Waals surface area contributed by atoms with Crippen molar-refractivity contribution in [1.29, 1.82) is 0 Å². The third-order valence-electron chi connectivity index (χ3n) is 2.52. The first-order chi connectivity index (χ1) is 8.15. The summed E-state index contributed by atoms with van der Waals surface area (Å²) < 4.78 is 10.4. The highest BCUT2D eigenvalue weighted by Gasteiger charge is 2.22. The molecule has 1 aliphatic rings. The molecule has 0 spiro atoms. The predicted octanol–water partition coefficient (Wildman–Crippen LogP) is 1.23. The number of ether oxygens (including phenoxy) is 2. The maximum absolute atomic E-state index is 10.8. The molecule has 1 saturated heterocycles. The van der Waals surface area contributed by atoms with Gasteiger partial charge in [-0.25, -0.2) is 4.79 Å². The number of rotatable bonds is 4. The van der Waals surface area contributed by atoms with E-state index in [2.05, 4.69) is 5.32 Å². The second-order valence-electron chi connectivity index (χ2n) is 3.97. The Balaban J connectivity index is 1.90. The summed E-state index contributed by atoms with van der Waals surface area (Å²) in [6, 6.07) is 7.22. The van der Waals surface area contributed by atoms with Gasteiger partial charge in [0.05, 0.1) is 12.6 Å². The van der Waals surface area contributed by atoms with Gasteiger partial charge < -0.3 is 19.9 Å². The molecule has 2 N–H and O–H groups in total. The molecule has 1 aromatic rings. The molecule has 1 aliphatic heterocycles. The average molecular weight is 237 g/mol. The van der Waals surface area contributed by atoms with Crippen LogP contribution in [-0.2, 0) is 4.74 Å². The fourth-order valence-electron chi connectivity index (χ4n) is 1.58. The van der Waals surface area contributed by atoms with Gasteiger partial charge in [-0.15, -0.1) is 0 Å². The van der Waals surface area contributed by atoms with Crippen molar-refractivity contribution >= 4 is 6.09 Å². The molecule has 1 heterocycles. The minimum absolute atomic E-state index is 0.252. The molecule has 0 aromatic heterocycles. The molecule has 5 heteroatoms. The lowest BCUT2D eigenvalue weighted by Gasteiger charge is -2.12. The molecule has 17 heavy (non-hydrogen) atoms. The van der Waals surface area contributed by atoms with Crippen LogP contribution in [0, 0.1) is 0 Å². The molecule has 2 atom stereocenters. The lowest BCUT2D eigenvalue weighted by molar-refractivity contribution is 0.104. The molecule has 5 nitrogen and oxygen atoms in total. The standard InChI is InChI=1S/C12H15NO4/c1-8(14)9-3-2-4-10(5-9)16-7-11-6-13-12(15)17-11/h2-5,8,11,14H,6-7H2,1H3,(H,13,15)/t8-,11?/m1/s1. The molecule has 0 aliphatic carbocycles. The number of alkyl carbamates (subject to hydrolysis) is 1. The van der Waals surface area contributed by atoms with Crippen LogP contribution in [0.15, 0.2) is 24.3 Å². The van der Waals surface area contributed by atoms with Gasteiger partial charge in [0, 0.05) is 0 Å². The number of nitrogens with one attached hydrogen (secondary N) is 1. The van der Waals surface area contributed by atoms with Gasteiger partial charge in [0.15, 0.2) is 6.10 Å². The number of hydrogen-bond acceptors (Lipinski definition) is 4. The van der Waals surface area contributed by atoms with E-state index < -0.39 is 12.2 Å². The first kappa shape index (κ1) is 11.7. The van der Waals surface area contributed by atoms with E-state index >= 15 is 0 Å². The average Bonchev–Trinajstić information content (AvgIpc) is 2.73. The minimum atomic E-state index is -0.524. The zero-order chi connectivity index (χ0) is 12.3. The monoisotopic (exact) mass is 237 g/mol. The van der Waals surface area contributed by atoms with Crippen molar-refractivity contribution in [3.63, 3.8) is 0 Å². The molecule has 0 saturated carbocycles. The zero-order valence-electron chi connectivity index (χ0n) is 9.55. The van der Waals surface area contributed by atoms with Gasteiger partial charge >= 0.3 is 6.09 Å². The van der Waals surface area contributed by atoms with Crippen molar-refractivity contribution in [3.8, 4) is 5.75 Å². The maximum atomic E-state index is 10.8. The van der Waals surface area contributed by atoms with E-state index in [1.807, 2.05) is 12.1 Å². The van der Waals surface area contributed by atoms with Crippen molar-refractivity contribution in [2.45, 2.75) is 19.1 Å². The molecule has 1 aromatic carbocycles. The van der Waals surface area contributed by atoms with Gasteiger partial charge in [-0.2, -0.15) is 0 Å². The third kappa shape index (κ3) is 3.10. The molecular formula is C12H15NO4. The smallest absolute Gasteiger partial charge is 0.407 e. The number of cyclic esters (lactones) is 1. The van der Waals surface area contributed by atoms with Gasteiger partial charge in [0.2, 0.25) is 0 Å². The van der Waals surface area contributed by atoms with Crippen LogP contribution >= 0.6 is 0 Å². The Hall–Kier alpha value is -1.75. The predicted molar refractivity (Wildman–Crippen MR) is 60.8 cm³/mol. The lowest BCUT2D eigenvalue weighted by Crippen LogP contribution is -2.21. The number of carbonyl (C=O) groups is 1. The summed E-state index contributed by atoms with van der Waals surface area (Å²) in [5.74, 6) is 0.659. The molecular weight excluding hydrogens is 222 g/mol. The van der Waals surface area contributed by atoms with Crippen LogP contribution < -0.4 is 10.1 Å². The van der Waals surface area contributed by atoms with Crippen LogP contribution in [0.5, 0.6) is 5.75 Å². The summed E-state index contributed by atoms with van der Waals surface area (Å²) in [6.45, 7) is 2.47. The Morgan fingerprint density at radius 1 is 1.65 bits per heavy atom. The van der Waals surface area contributed by atoms with Gasteiger partial charge in [-0.1, -0.05) is 12.1 Å². The highest BCUT2D eigenvalue weighted by Crippen LogP contribution is 2.19. The number of carbonyl (C=O) groups excluding carboxylic acids is 1. The van der Waals surface area contributed by atoms with Crippen LogP contribution in [0.25, 0.3) is 0 Å². The molecule has 92 valence electrons. The van der Waals surface area contributed by atoms with E-state index in [4.69, 9.17) is 9.47 Å². The molecule has 1 amide bonds. The Morgan fingerprint density at radius 2 is 2.47 bits per heavy atom. The van der Waals surface area contributed by atoms with E-state index in [-0.39, 0.29) is 6.10 Å². The first-order valence-electron chi connectivity index (χ1n) is 5.50. The maximum Gasteiger partial charge on any atom is 0.407 e. The molecule has 0 radical (unpaired) electrons. The SMILES string of the molecule is C[C@@H](O)c1cccc(OCC2CNC(=O)O2)c1. The number of amides is 1. The minimum Gasteiger partial charge on any atom is -0.490 e. The topological polar surface area (TPSA) is 67.8 Å². The van der Waals surface area contributed by atoms with Gasteiger partial charge in [0.1, 0.15) is 12.4 Å². The normalized spacial score (nSPS) is 20.6. The van der Waals surface area contributed by atoms with Gasteiger partial charge in [-0.3, -0.25) is 0 Å². The highest BCUT2D eigenvalue weighted by atomic mass is 16.6. The summed E-state index contributed by atoms with van der Waals surface area (Å²) >= 11 is 0. The van der Waals surface area contributed by atoms with Gasteiger partial charge in [0.25, 0.3) is 0 Å². The van der Waals surface area contributed by atoms with Crippen molar-refractivity contribution in [2.24, 2.45) is 0 Å².